The Morgan fingerprint density at radius 2 is 1.70 bits per heavy atom. The van der Waals surface area contributed by atoms with Gasteiger partial charge < -0.3 is 9.47 Å². The lowest BCUT2D eigenvalue weighted by Gasteiger charge is -2.09. The van der Waals surface area contributed by atoms with Crippen LogP contribution in [-0.4, -0.2) is 26.2 Å². The molecule has 0 aliphatic carbocycles. The van der Waals surface area contributed by atoms with Crippen LogP contribution in [-0.2, 0) is 15.2 Å². The van der Waals surface area contributed by atoms with Crippen molar-refractivity contribution < 1.29 is 19.1 Å². The summed E-state index contributed by atoms with van der Waals surface area (Å²) in [5, 5.41) is 0. The van der Waals surface area contributed by atoms with Gasteiger partial charge in [-0.3, -0.25) is 0 Å². The Morgan fingerprint density at radius 3 is 2.35 bits per heavy atom. The topological polar surface area (TPSA) is 52.6 Å². The maximum Gasteiger partial charge on any atom is 0.338 e. The number of hydrogen-bond donors (Lipinski definition) is 0. The molecule has 0 aliphatic heterocycles. The average Bonchev–Trinajstić information content (AvgIpc) is 2.58. The number of thioether (sulfide) groups is 1. The van der Waals surface area contributed by atoms with Crippen molar-refractivity contribution in [3.63, 3.8) is 0 Å². The molecule has 0 N–H and O–H groups in total. The number of halogens is 1. The molecule has 2 rings (SSSR count). The average molecular weight is 395 g/mol. The number of hydrogen-bond acceptors (Lipinski definition) is 5. The number of rotatable bonds is 5. The molecule has 0 unspecified atom stereocenters. The minimum Gasteiger partial charge on any atom is -0.465 e. The summed E-state index contributed by atoms with van der Waals surface area (Å²) in [7, 11) is 2.56. The van der Waals surface area contributed by atoms with Crippen LogP contribution in [0.2, 0.25) is 0 Å². The van der Waals surface area contributed by atoms with Gasteiger partial charge in [0.15, 0.2) is 0 Å². The van der Waals surface area contributed by atoms with Crippen LogP contribution in [0, 0.1) is 0 Å². The Balaban J connectivity index is 2.23. The van der Waals surface area contributed by atoms with E-state index >= 15 is 0 Å². The van der Waals surface area contributed by atoms with Crippen molar-refractivity contribution in [2.24, 2.45) is 0 Å². The van der Waals surface area contributed by atoms with Crippen LogP contribution in [0.5, 0.6) is 0 Å². The second-order valence-corrected chi connectivity index (χ2v) is 6.57. The van der Waals surface area contributed by atoms with E-state index in [1.165, 1.54) is 14.2 Å². The monoisotopic (exact) mass is 394 g/mol. The maximum atomic E-state index is 11.9. The van der Waals surface area contributed by atoms with Crippen molar-refractivity contribution in [1.82, 2.24) is 0 Å². The Kier molecular flexibility index (Phi) is 6.24. The summed E-state index contributed by atoms with van der Waals surface area (Å²) in [6.45, 7) is 0. The summed E-state index contributed by atoms with van der Waals surface area (Å²) in [6.07, 6.45) is 0. The second kappa shape index (κ2) is 8.17. The third kappa shape index (κ3) is 4.59. The molecular weight excluding hydrogens is 380 g/mol. The minimum absolute atomic E-state index is 0.204. The summed E-state index contributed by atoms with van der Waals surface area (Å²) in [4.78, 5) is 24.7. The second-order valence-electron chi connectivity index (χ2n) is 4.61. The molecule has 0 spiro atoms. The number of carbonyl (C=O) groups is 2. The van der Waals surface area contributed by atoms with Crippen molar-refractivity contribution in [1.29, 1.82) is 0 Å². The fourth-order valence-electron chi connectivity index (χ4n) is 1.97. The van der Waals surface area contributed by atoms with E-state index in [0.717, 1.165) is 14.9 Å². The van der Waals surface area contributed by atoms with Crippen LogP contribution in [0.1, 0.15) is 26.3 Å². The van der Waals surface area contributed by atoms with Gasteiger partial charge in [0.1, 0.15) is 0 Å². The highest BCUT2D eigenvalue weighted by atomic mass is 79.9. The highest BCUT2D eigenvalue weighted by Crippen LogP contribution is 2.26. The first-order chi connectivity index (χ1) is 11.0. The number of methoxy groups -OCH3 is 2. The van der Waals surface area contributed by atoms with Gasteiger partial charge in [0.25, 0.3) is 0 Å². The van der Waals surface area contributed by atoms with E-state index in [1.807, 2.05) is 30.3 Å². The maximum absolute atomic E-state index is 11.9. The fraction of sp³-hybridized carbons (Fsp3) is 0.176. The molecule has 0 amide bonds. The highest BCUT2D eigenvalue weighted by molar-refractivity contribution is 9.10. The molecule has 0 aromatic heterocycles. The summed E-state index contributed by atoms with van der Waals surface area (Å²) in [6, 6.07) is 13.0. The SMILES string of the molecule is COC(=O)c1ccc(CSc2cccc(Br)c2)cc1C(=O)OC. The Labute approximate surface area is 147 Å². The van der Waals surface area contributed by atoms with E-state index < -0.39 is 11.9 Å². The lowest BCUT2D eigenvalue weighted by molar-refractivity contribution is 0.0555. The largest absolute Gasteiger partial charge is 0.465 e. The van der Waals surface area contributed by atoms with Crippen molar-refractivity contribution in [3.8, 4) is 0 Å². The molecule has 0 heterocycles. The third-order valence-corrected chi connectivity index (χ3v) is 4.65. The molecule has 0 radical (unpaired) electrons. The molecule has 0 aliphatic rings. The lowest BCUT2D eigenvalue weighted by Crippen LogP contribution is -2.12. The molecule has 23 heavy (non-hydrogen) atoms. The highest BCUT2D eigenvalue weighted by Gasteiger charge is 2.18. The molecule has 0 bridgehead atoms. The van der Waals surface area contributed by atoms with E-state index in [-0.39, 0.29) is 11.1 Å². The molecule has 4 nitrogen and oxygen atoms in total. The molecule has 0 saturated heterocycles. The Morgan fingerprint density at radius 1 is 1.00 bits per heavy atom. The standard InChI is InChI=1S/C17H15BrO4S/c1-21-16(19)14-7-6-11(8-15(14)17(20)22-2)10-23-13-5-3-4-12(18)9-13/h3-9H,10H2,1-2H3. The van der Waals surface area contributed by atoms with Gasteiger partial charge in [0.2, 0.25) is 0 Å². The summed E-state index contributed by atoms with van der Waals surface area (Å²) in [5.74, 6) is -0.446. The molecule has 120 valence electrons. The zero-order chi connectivity index (χ0) is 16.8. The van der Waals surface area contributed by atoms with E-state index in [0.29, 0.717) is 5.75 Å². The van der Waals surface area contributed by atoms with Gasteiger partial charge in [-0.05, 0) is 35.9 Å². The zero-order valence-corrected chi connectivity index (χ0v) is 15.1. The molecule has 0 saturated carbocycles. The lowest BCUT2D eigenvalue weighted by atomic mass is 10.0. The van der Waals surface area contributed by atoms with Crippen LogP contribution in [0.4, 0.5) is 0 Å². The van der Waals surface area contributed by atoms with E-state index in [9.17, 15) is 9.59 Å². The van der Waals surface area contributed by atoms with Gasteiger partial charge in [0.05, 0.1) is 25.3 Å². The van der Waals surface area contributed by atoms with Gasteiger partial charge in [0, 0.05) is 15.1 Å². The number of ether oxygens (including phenoxy) is 2. The Bertz CT molecular complexity index is 730. The molecule has 2 aromatic rings. The first kappa shape index (κ1) is 17.6. The third-order valence-electron chi connectivity index (χ3n) is 3.10. The molecule has 0 atom stereocenters. The van der Waals surface area contributed by atoms with Crippen LogP contribution >= 0.6 is 27.7 Å². The van der Waals surface area contributed by atoms with Crippen LogP contribution in [0.3, 0.4) is 0 Å². The normalized spacial score (nSPS) is 10.2. The van der Waals surface area contributed by atoms with E-state index in [1.54, 1.807) is 23.9 Å². The summed E-state index contributed by atoms with van der Waals surface area (Å²) < 4.78 is 10.5. The first-order valence-corrected chi connectivity index (χ1v) is 8.51. The molecular formula is C17H15BrO4S. The predicted molar refractivity (Wildman–Crippen MR) is 92.8 cm³/mol. The van der Waals surface area contributed by atoms with Crippen molar-refractivity contribution in [2.75, 3.05) is 14.2 Å². The smallest absolute Gasteiger partial charge is 0.338 e. The predicted octanol–water partition coefficient (Wildman–Crippen LogP) is 4.31. The fourth-order valence-corrected chi connectivity index (χ4v) is 3.42. The Hall–Kier alpha value is -1.79. The van der Waals surface area contributed by atoms with Crippen molar-refractivity contribution in [2.45, 2.75) is 10.6 Å². The van der Waals surface area contributed by atoms with Crippen LogP contribution in [0.25, 0.3) is 0 Å². The van der Waals surface area contributed by atoms with Gasteiger partial charge in [-0.25, -0.2) is 9.59 Å². The van der Waals surface area contributed by atoms with Crippen LogP contribution in [0.15, 0.2) is 51.8 Å². The number of benzene rings is 2. The van der Waals surface area contributed by atoms with E-state index in [2.05, 4.69) is 15.9 Å². The molecule has 2 aromatic carbocycles. The minimum atomic E-state index is -0.559. The quantitative estimate of drug-likeness (QED) is 0.558. The van der Waals surface area contributed by atoms with Gasteiger partial charge >= 0.3 is 11.9 Å². The van der Waals surface area contributed by atoms with Crippen LogP contribution < -0.4 is 0 Å². The summed E-state index contributed by atoms with van der Waals surface area (Å²) in [5.41, 5.74) is 1.34. The van der Waals surface area contributed by atoms with Gasteiger partial charge in [-0.2, -0.15) is 0 Å². The van der Waals surface area contributed by atoms with E-state index in [4.69, 9.17) is 9.47 Å². The number of carbonyl (C=O) groups excluding carboxylic acids is 2. The molecule has 6 heteroatoms. The zero-order valence-electron chi connectivity index (χ0n) is 12.7. The number of esters is 2. The molecule has 0 fully saturated rings. The van der Waals surface area contributed by atoms with Gasteiger partial charge in [-0.1, -0.05) is 28.1 Å². The first-order valence-electron chi connectivity index (χ1n) is 6.73. The van der Waals surface area contributed by atoms with Crippen molar-refractivity contribution >= 4 is 39.6 Å². The summed E-state index contributed by atoms with van der Waals surface area (Å²) >= 11 is 5.07. The van der Waals surface area contributed by atoms with Crippen molar-refractivity contribution in [3.05, 3.63) is 63.6 Å². The van der Waals surface area contributed by atoms with Gasteiger partial charge in [-0.15, -0.1) is 11.8 Å².